The van der Waals surface area contributed by atoms with Gasteiger partial charge in [0.25, 0.3) is 0 Å². The Labute approximate surface area is 73.7 Å². The summed E-state index contributed by atoms with van der Waals surface area (Å²) in [6, 6.07) is 0. The first-order valence-electron chi connectivity index (χ1n) is 3.97. The third kappa shape index (κ3) is 3.22. The highest BCUT2D eigenvalue weighted by atomic mass is 19.4. The average molecular weight is 196 g/mol. The summed E-state index contributed by atoms with van der Waals surface area (Å²) >= 11 is 0. The summed E-state index contributed by atoms with van der Waals surface area (Å²) in [4.78, 5) is 11.8. The quantitative estimate of drug-likeness (QED) is 0.693. The van der Waals surface area contributed by atoms with E-state index in [9.17, 15) is 18.0 Å². The van der Waals surface area contributed by atoms with Gasteiger partial charge in [0, 0.05) is 6.54 Å². The lowest BCUT2D eigenvalue weighted by Gasteiger charge is -2.16. The van der Waals surface area contributed by atoms with Crippen LogP contribution in [-0.4, -0.2) is 36.6 Å². The molecule has 1 aliphatic heterocycles. The van der Waals surface area contributed by atoms with Crippen LogP contribution in [0.15, 0.2) is 0 Å². The minimum atomic E-state index is -4.19. The Morgan fingerprint density at radius 1 is 1.54 bits per heavy atom. The average Bonchev–Trinajstić information content (AvgIpc) is 2.31. The fourth-order valence-electron chi connectivity index (χ4n) is 1.46. The molecule has 76 valence electrons. The predicted octanol–water partition coefficient (Wildman–Crippen LogP) is 0.356. The highest BCUT2D eigenvalue weighted by molar-refractivity contribution is 5.77. The van der Waals surface area contributed by atoms with Crippen molar-refractivity contribution < 1.29 is 18.0 Å². The molecule has 0 saturated carbocycles. The summed E-state index contributed by atoms with van der Waals surface area (Å²) in [5, 5.41) is 0. The van der Waals surface area contributed by atoms with E-state index in [1.807, 2.05) is 0 Å². The van der Waals surface area contributed by atoms with Crippen LogP contribution in [0, 0.1) is 5.92 Å². The second kappa shape index (κ2) is 3.53. The maximum Gasteiger partial charge on any atom is 0.401 e. The Hall–Kier alpha value is -0.780. The molecule has 1 aliphatic rings. The number of carbonyl (C=O) groups excluding carboxylic acids is 1. The second-order valence-electron chi connectivity index (χ2n) is 3.24. The van der Waals surface area contributed by atoms with Gasteiger partial charge >= 0.3 is 6.18 Å². The van der Waals surface area contributed by atoms with Gasteiger partial charge in [0.05, 0.1) is 12.5 Å². The Morgan fingerprint density at radius 2 is 2.15 bits per heavy atom. The molecule has 0 spiro atoms. The van der Waals surface area contributed by atoms with Crippen LogP contribution < -0.4 is 5.73 Å². The lowest BCUT2D eigenvalue weighted by atomic mass is 10.1. The van der Waals surface area contributed by atoms with Crippen LogP contribution in [0.4, 0.5) is 13.2 Å². The third-order valence-electron chi connectivity index (χ3n) is 2.08. The molecular weight excluding hydrogens is 185 g/mol. The summed E-state index contributed by atoms with van der Waals surface area (Å²) in [5.41, 5.74) is 4.98. The van der Waals surface area contributed by atoms with Crippen molar-refractivity contribution in [1.29, 1.82) is 0 Å². The summed E-state index contributed by atoms with van der Waals surface area (Å²) in [7, 11) is 0. The fraction of sp³-hybridized carbons (Fsp3) is 0.857. The van der Waals surface area contributed by atoms with E-state index in [4.69, 9.17) is 5.73 Å². The van der Waals surface area contributed by atoms with Gasteiger partial charge in [-0.05, 0) is 13.0 Å². The van der Waals surface area contributed by atoms with Crippen LogP contribution in [-0.2, 0) is 4.79 Å². The van der Waals surface area contributed by atoms with Gasteiger partial charge in [0.1, 0.15) is 0 Å². The van der Waals surface area contributed by atoms with Crippen molar-refractivity contribution in [3.05, 3.63) is 0 Å². The standard InChI is InChI=1S/C7H11F3N2O/c8-7(9,10)4-12-2-1-5(3-12)6(11)13/h5H,1-4H2,(H2,11,13). The molecule has 1 saturated heterocycles. The van der Waals surface area contributed by atoms with Crippen LogP contribution >= 0.6 is 0 Å². The smallest absolute Gasteiger partial charge is 0.369 e. The van der Waals surface area contributed by atoms with E-state index in [-0.39, 0.29) is 6.54 Å². The van der Waals surface area contributed by atoms with Gasteiger partial charge in [-0.25, -0.2) is 0 Å². The number of amides is 1. The Balaban J connectivity index is 2.38. The molecule has 1 amide bonds. The zero-order valence-electron chi connectivity index (χ0n) is 6.97. The Morgan fingerprint density at radius 3 is 2.54 bits per heavy atom. The zero-order valence-corrected chi connectivity index (χ0v) is 6.97. The van der Waals surface area contributed by atoms with Crippen LogP contribution in [0.25, 0.3) is 0 Å². The lowest BCUT2D eigenvalue weighted by molar-refractivity contribution is -0.144. The van der Waals surface area contributed by atoms with Crippen molar-refractivity contribution >= 4 is 5.91 Å². The molecule has 1 fully saturated rings. The molecule has 0 aliphatic carbocycles. The van der Waals surface area contributed by atoms with Gasteiger partial charge in [0.15, 0.2) is 0 Å². The van der Waals surface area contributed by atoms with Crippen molar-refractivity contribution in [3.63, 3.8) is 0 Å². The molecule has 6 heteroatoms. The number of hydrogen-bond donors (Lipinski definition) is 1. The minimum absolute atomic E-state index is 0.134. The number of nitrogens with zero attached hydrogens (tertiary/aromatic N) is 1. The monoisotopic (exact) mass is 196 g/mol. The Bertz CT molecular complexity index is 204. The van der Waals surface area contributed by atoms with Crippen molar-refractivity contribution in [2.75, 3.05) is 19.6 Å². The first-order chi connectivity index (χ1) is 5.88. The van der Waals surface area contributed by atoms with E-state index in [1.165, 1.54) is 4.90 Å². The fourth-order valence-corrected chi connectivity index (χ4v) is 1.46. The van der Waals surface area contributed by atoms with E-state index in [0.717, 1.165) is 0 Å². The molecule has 0 aromatic heterocycles. The van der Waals surface area contributed by atoms with Crippen molar-refractivity contribution in [2.45, 2.75) is 12.6 Å². The molecular formula is C7H11F3N2O. The molecule has 1 heterocycles. The maximum absolute atomic E-state index is 11.9. The molecule has 0 aromatic carbocycles. The van der Waals surface area contributed by atoms with Crippen LogP contribution in [0.1, 0.15) is 6.42 Å². The largest absolute Gasteiger partial charge is 0.401 e. The third-order valence-corrected chi connectivity index (χ3v) is 2.08. The highest BCUT2D eigenvalue weighted by Crippen LogP contribution is 2.22. The van der Waals surface area contributed by atoms with Gasteiger partial charge in [-0.3, -0.25) is 9.69 Å². The van der Waals surface area contributed by atoms with Gasteiger partial charge < -0.3 is 5.73 Å². The van der Waals surface area contributed by atoms with Crippen molar-refractivity contribution in [1.82, 2.24) is 4.90 Å². The number of primary amides is 1. The molecule has 0 aromatic rings. The van der Waals surface area contributed by atoms with E-state index >= 15 is 0 Å². The number of carbonyl (C=O) groups is 1. The summed E-state index contributed by atoms with van der Waals surface area (Å²) in [6.07, 6.45) is -3.75. The number of rotatable bonds is 2. The first kappa shape index (κ1) is 10.3. The number of likely N-dealkylation sites (tertiary alicyclic amines) is 1. The number of alkyl halides is 3. The molecule has 2 N–H and O–H groups in total. The second-order valence-corrected chi connectivity index (χ2v) is 3.24. The van der Waals surface area contributed by atoms with E-state index in [0.29, 0.717) is 13.0 Å². The maximum atomic E-state index is 11.9. The minimum Gasteiger partial charge on any atom is -0.369 e. The molecule has 1 unspecified atom stereocenters. The van der Waals surface area contributed by atoms with Gasteiger partial charge in [-0.15, -0.1) is 0 Å². The summed E-state index contributed by atoms with van der Waals surface area (Å²) in [6.45, 7) is -0.515. The van der Waals surface area contributed by atoms with Crippen LogP contribution in [0.3, 0.4) is 0 Å². The Kier molecular flexibility index (Phi) is 2.80. The van der Waals surface area contributed by atoms with E-state index in [1.54, 1.807) is 0 Å². The lowest BCUT2D eigenvalue weighted by Crippen LogP contribution is -2.34. The van der Waals surface area contributed by atoms with Crippen molar-refractivity contribution in [2.24, 2.45) is 11.7 Å². The highest BCUT2D eigenvalue weighted by Gasteiger charge is 2.35. The topological polar surface area (TPSA) is 46.3 Å². The molecule has 0 radical (unpaired) electrons. The van der Waals surface area contributed by atoms with Gasteiger partial charge in [0.2, 0.25) is 5.91 Å². The number of halogens is 3. The molecule has 1 rings (SSSR count). The summed E-state index contributed by atoms with van der Waals surface area (Å²) < 4.78 is 35.6. The molecule has 1 atom stereocenters. The molecule has 3 nitrogen and oxygen atoms in total. The molecule has 13 heavy (non-hydrogen) atoms. The summed E-state index contributed by atoms with van der Waals surface area (Å²) in [5.74, 6) is -0.924. The van der Waals surface area contributed by atoms with Gasteiger partial charge in [-0.1, -0.05) is 0 Å². The van der Waals surface area contributed by atoms with E-state index in [2.05, 4.69) is 0 Å². The first-order valence-corrected chi connectivity index (χ1v) is 3.97. The van der Waals surface area contributed by atoms with E-state index < -0.39 is 24.5 Å². The van der Waals surface area contributed by atoms with Crippen molar-refractivity contribution in [3.8, 4) is 0 Å². The van der Waals surface area contributed by atoms with Crippen LogP contribution in [0.5, 0.6) is 0 Å². The number of nitrogens with two attached hydrogens (primary N) is 1. The SMILES string of the molecule is NC(=O)C1CCN(CC(F)(F)F)C1. The predicted molar refractivity (Wildman–Crippen MR) is 39.8 cm³/mol. The van der Waals surface area contributed by atoms with Crippen LogP contribution in [0.2, 0.25) is 0 Å². The van der Waals surface area contributed by atoms with Gasteiger partial charge in [-0.2, -0.15) is 13.2 Å². The normalized spacial score (nSPS) is 25.0. The number of hydrogen-bond acceptors (Lipinski definition) is 2. The zero-order chi connectivity index (χ0) is 10.1. The molecule has 0 bridgehead atoms.